The molecule has 0 saturated heterocycles. The molecule has 5 heteroatoms. The molecule has 4 nitrogen and oxygen atoms in total. The summed E-state index contributed by atoms with van der Waals surface area (Å²) < 4.78 is 5.33. The van der Waals surface area contributed by atoms with Gasteiger partial charge in [-0.1, -0.05) is 56.1 Å². The molecular formula is C18H21ClN2O2. The van der Waals surface area contributed by atoms with Crippen molar-refractivity contribution >= 4 is 23.3 Å². The van der Waals surface area contributed by atoms with E-state index >= 15 is 0 Å². The number of nitrogens with zero attached hydrogens (tertiary/aromatic N) is 1. The largest absolute Gasteiger partial charge is 0.359 e. The van der Waals surface area contributed by atoms with Crippen LogP contribution in [0.15, 0.2) is 34.9 Å². The zero-order chi connectivity index (χ0) is 16.7. The summed E-state index contributed by atoms with van der Waals surface area (Å²) in [5, 5.41) is 7.56. The summed E-state index contributed by atoms with van der Waals surface area (Å²) in [5.41, 5.74) is 0.386. The number of benzene rings is 1. The van der Waals surface area contributed by atoms with Gasteiger partial charge in [0.05, 0.1) is 5.41 Å². The van der Waals surface area contributed by atoms with Crippen LogP contribution < -0.4 is 5.32 Å². The van der Waals surface area contributed by atoms with E-state index in [1.165, 1.54) is 0 Å². The third-order valence-corrected chi connectivity index (χ3v) is 4.78. The minimum atomic E-state index is -0.481. The van der Waals surface area contributed by atoms with Gasteiger partial charge in [-0.2, -0.15) is 0 Å². The van der Waals surface area contributed by atoms with Gasteiger partial charge in [-0.15, -0.1) is 0 Å². The van der Waals surface area contributed by atoms with E-state index in [9.17, 15) is 4.79 Å². The van der Waals surface area contributed by atoms with Crippen LogP contribution >= 0.6 is 11.6 Å². The molecule has 2 aromatic rings. The number of anilines is 1. The summed E-state index contributed by atoms with van der Waals surface area (Å²) in [7, 11) is 0. The fraction of sp³-hybridized carbons (Fsp3) is 0.444. The van der Waals surface area contributed by atoms with Gasteiger partial charge in [-0.25, -0.2) is 0 Å². The number of hydrogen-bond acceptors (Lipinski definition) is 3. The van der Waals surface area contributed by atoms with Crippen molar-refractivity contribution in [3.05, 3.63) is 46.7 Å². The number of carbonyl (C=O) groups is 1. The van der Waals surface area contributed by atoms with Gasteiger partial charge in [0.15, 0.2) is 5.82 Å². The van der Waals surface area contributed by atoms with Crippen molar-refractivity contribution in [2.75, 3.05) is 5.32 Å². The van der Waals surface area contributed by atoms with Gasteiger partial charge in [0.25, 0.3) is 0 Å². The molecule has 1 aromatic carbocycles. The minimum Gasteiger partial charge on any atom is -0.359 e. The quantitative estimate of drug-likeness (QED) is 0.887. The van der Waals surface area contributed by atoms with Gasteiger partial charge in [-0.3, -0.25) is 4.79 Å². The van der Waals surface area contributed by atoms with E-state index in [-0.39, 0.29) is 11.3 Å². The summed E-state index contributed by atoms with van der Waals surface area (Å²) in [6.45, 7) is 6.13. The monoisotopic (exact) mass is 332 g/mol. The van der Waals surface area contributed by atoms with E-state index in [0.29, 0.717) is 10.8 Å². The molecule has 0 unspecified atom stereocenters. The number of halogens is 1. The molecule has 23 heavy (non-hydrogen) atoms. The SMILES string of the molecule is CC(C)(C)c1cc(NC(=O)C2(c3ccc(Cl)cc3)CCC2)no1. The first kappa shape index (κ1) is 16.1. The maximum atomic E-state index is 12.8. The van der Waals surface area contributed by atoms with Crippen molar-refractivity contribution < 1.29 is 9.32 Å². The predicted molar refractivity (Wildman–Crippen MR) is 90.8 cm³/mol. The zero-order valence-electron chi connectivity index (χ0n) is 13.6. The van der Waals surface area contributed by atoms with Crippen molar-refractivity contribution in [1.82, 2.24) is 5.16 Å². The lowest BCUT2D eigenvalue weighted by atomic mass is 9.64. The molecule has 1 aliphatic carbocycles. The highest BCUT2D eigenvalue weighted by atomic mass is 35.5. The van der Waals surface area contributed by atoms with E-state index < -0.39 is 5.41 Å². The van der Waals surface area contributed by atoms with Crippen molar-refractivity contribution in [2.24, 2.45) is 0 Å². The Balaban J connectivity index is 1.81. The minimum absolute atomic E-state index is 0.0279. The van der Waals surface area contributed by atoms with Crippen LogP contribution in [0.5, 0.6) is 0 Å². The second-order valence-electron chi connectivity index (χ2n) is 7.22. The summed E-state index contributed by atoms with van der Waals surface area (Å²) in [5.74, 6) is 1.20. The second kappa shape index (κ2) is 5.68. The van der Waals surface area contributed by atoms with Crippen molar-refractivity contribution in [3.8, 4) is 0 Å². The van der Waals surface area contributed by atoms with E-state index in [0.717, 1.165) is 30.6 Å². The Labute approximate surface area is 141 Å². The highest BCUT2D eigenvalue weighted by molar-refractivity contribution is 6.30. The van der Waals surface area contributed by atoms with Crippen LogP contribution in [0.3, 0.4) is 0 Å². The fourth-order valence-corrected chi connectivity index (χ4v) is 3.00. The number of carbonyl (C=O) groups excluding carboxylic acids is 1. The van der Waals surface area contributed by atoms with Crippen LogP contribution in [-0.2, 0) is 15.6 Å². The Hall–Kier alpha value is -1.81. The Kier molecular flexibility index (Phi) is 3.96. The van der Waals surface area contributed by atoms with E-state index in [2.05, 4.69) is 10.5 Å². The molecule has 1 saturated carbocycles. The van der Waals surface area contributed by atoms with Crippen LogP contribution in [0, 0.1) is 0 Å². The normalized spacial score (nSPS) is 16.7. The van der Waals surface area contributed by atoms with Gasteiger partial charge in [0, 0.05) is 16.5 Å². The predicted octanol–water partition coefficient (Wildman–Crippen LogP) is 4.69. The molecule has 0 spiro atoms. The molecule has 3 rings (SSSR count). The molecule has 0 atom stereocenters. The maximum absolute atomic E-state index is 12.8. The van der Waals surface area contributed by atoms with E-state index in [1.807, 2.05) is 45.0 Å². The third kappa shape index (κ3) is 3.00. The third-order valence-electron chi connectivity index (χ3n) is 4.53. The molecule has 0 bridgehead atoms. The lowest BCUT2D eigenvalue weighted by molar-refractivity contribution is -0.124. The first-order valence-corrected chi connectivity index (χ1v) is 8.24. The van der Waals surface area contributed by atoms with Crippen molar-refractivity contribution in [3.63, 3.8) is 0 Å². The Morgan fingerprint density at radius 1 is 1.26 bits per heavy atom. The summed E-state index contributed by atoms with van der Waals surface area (Å²) >= 11 is 5.95. The van der Waals surface area contributed by atoms with E-state index in [4.69, 9.17) is 16.1 Å². The highest BCUT2D eigenvalue weighted by Gasteiger charge is 2.45. The molecule has 1 heterocycles. The van der Waals surface area contributed by atoms with Gasteiger partial charge >= 0.3 is 0 Å². The zero-order valence-corrected chi connectivity index (χ0v) is 14.4. The Morgan fingerprint density at radius 3 is 2.39 bits per heavy atom. The molecule has 1 aliphatic rings. The van der Waals surface area contributed by atoms with Gasteiger partial charge in [0.2, 0.25) is 5.91 Å². The number of nitrogens with one attached hydrogen (secondary N) is 1. The first-order valence-electron chi connectivity index (χ1n) is 7.86. The lowest BCUT2D eigenvalue weighted by Gasteiger charge is -2.40. The van der Waals surface area contributed by atoms with Crippen LogP contribution in [0.4, 0.5) is 5.82 Å². The molecule has 1 fully saturated rings. The summed E-state index contributed by atoms with van der Waals surface area (Å²) in [6, 6.07) is 9.33. The maximum Gasteiger partial charge on any atom is 0.236 e. The van der Waals surface area contributed by atoms with Gasteiger partial charge in [0.1, 0.15) is 5.76 Å². The van der Waals surface area contributed by atoms with Crippen LogP contribution in [0.2, 0.25) is 5.02 Å². The lowest BCUT2D eigenvalue weighted by Crippen LogP contribution is -2.46. The first-order chi connectivity index (χ1) is 10.8. The number of rotatable bonds is 3. The van der Waals surface area contributed by atoms with Crippen molar-refractivity contribution in [1.29, 1.82) is 0 Å². The molecular weight excluding hydrogens is 312 g/mol. The average molecular weight is 333 g/mol. The van der Waals surface area contributed by atoms with E-state index in [1.54, 1.807) is 6.07 Å². The molecule has 122 valence electrons. The van der Waals surface area contributed by atoms with Crippen molar-refractivity contribution in [2.45, 2.75) is 50.9 Å². The number of aromatic nitrogens is 1. The number of hydrogen-bond donors (Lipinski definition) is 1. The second-order valence-corrected chi connectivity index (χ2v) is 7.66. The smallest absolute Gasteiger partial charge is 0.236 e. The standard InChI is InChI=1S/C18H21ClN2O2/c1-17(2,3)14-11-15(21-23-14)20-16(22)18(9-4-10-18)12-5-7-13(19)8-6-12/h5-8,11H,4,9-10H2,1-3H3,(H,20,21,22). The summed E-state index contributed by atoms with van der Waals surface area (Å²) in [6.07, 6.45) is 2.72. The van der Waals surface area contributed by atoms with Gasteiger partial charge in [-0.05, 0) is 30.5 Å². The van der Waals surface area contributed by atoms with Crippen LogP contribution in [0.1, 0.15) is 51.4 Å². The fourth-order valence-electron chi connectivity index (χ4n) is 2.87. The Bertz CT molecular complexity index is 709. The number of amides is 1. The van der Waals surface area contributed by atoms with Crippen LogP contribution in [0.25, 0.3) is 0 Å². The van der Waals surface area contributed by atoms with Crippen LogP contribution in [-0.4, -0.2) is 11.1 Å². The molecule has 1 aromatic heterocycles. The molecule has 1 N–H and O–H groups in total. The molecule has 1 amide bonds. The average Bonchev–Trinajstić information content (AvgIpc) is 2.88. The molecule has 0 radical (unpaired) electrons. The van der Waals surface area contributed by atoms with Gasteiger partial charge < -0.3 is 9.84 Å². The molecule has 0 aliphatic heterocycles. The topological polar surface area (TPSA) is 55.1 Å². The Morgan fingerprint density at radius 2 is 1.91 bits per heavy atom. The summed E-state index contributed by atoms with van der Waals surface area (Å²) in [4.78, 5) is 12.8. The highest BCUT2D eigenvalue weighted by Crippen LogP contribution is 2.44.